The molecule has 2 aliphatic rings. The highest BCUT2D eigenvalue weighted by Crippen LogP contribution is 2.36. The molecule has 0 aromatic carbocycles. The summed E-state index contributed by atoms with van der Waals surface area (Å²) >= 11 is 0. The lowest BCUT2D eigenvalue weighted by molar-refractivity contribution is 0.261. The van der Waals surface area contributed by atoms with Crippen molar-refractivity contribution in [1.29, 1.82) is 0 Å². The fourth-order valence-electron chi connectivity index (χ4n) is 3.40. The maximum Gasteiger partial charge on any atom is 0.255 e. The topological polar surface area (TPSA) is 37.3 Å². The van der Waals surface area contributed by atoms with Gasteiger partial charge in [-0.05, 0) is 43.5 Å². The second-order valence-corrected chi connectivity index (χ2v) is 7.19. The van der Waals surface area contributed by atoms with Crippen LogP contribution in [0.5, 0.6) is 0 Å². The van der Waals surface area contributed by atoms with Crippen molar-refractivity contribution in [3.63, 3.8) is 0 Å². The zero-order valence-electron chi connectivity index (χ0n) is 14.2. The molecule has 1 fully saturated rings. The molecule has 1 aliphatic carbocycles. The molecule has 22 heavy (non-hydrogen) atoms. The Hall–Kier alpha value is -1.13. The normalized spacial score (nSPS) is 18.7. The summed E-state index contributed by atoms with van der Waals surface area (Å²) in [7, 11) is 0. The second-order valence-electron chi connectivity index (χ2n) is 7.19. The van der Waals surface area contributed by atoms with E-state index in [-0.39, 0.29) is 5.56 Å². The van der Waals surface area contributed by atoms with Crippen LogP contribution in [0.15, 0.2) is 10.9 Å². The maximum absolute atomic E-state index is 12.9. The summed E-state index contributed by atoms with van der Waals surface area (Å²) in [6.45, 7) is 11.4. The molecule has 1 aromatic rings. The molecule has 122 valence electrons. The van der Waals surface area contributed by atoms with E-state index < -0.39 is 0 Å². The molecule has 0 atom stereocenters. The smallest absolute Gasteiger partial charge is 0.255 e. The predicted molar refractivity (Wildman–Crippen MR) is 90.2 cm³/mol. The Morgan fingerprint density at radius 3 is 2.77 bits per heavy atom. The molecule has 0 spiro atoms. The molecule has 3 rings (SSSR count). The van der Waals surface area contributed by atoms with Crippen LogP contribution in [0.2, 0.25) is 0 Å². The van der Waals surface area contributed by atoms with Gasteiger partial charge in [0.05, 0.1) is 0 Å². The third kappa shape index (κ3) is 3.28. The molecule has 1 N–H and O–H groups in total. The van der Waals surface area contributed by atoms with Crippen molar-refractivity contribution in [2.45, 2.75) is 59.2 Å². The maximum atomic E-state index is 12.9. The van der Waals surface area contributed by atoms with E-state index in [0.29, 0.717) is 18.5 Å². The number of aromatic nitrogens is 1. The molecule has 1 aromatic heterocycles. The van der Waals surface area contributed by atoms with Crippen molar-refractivity contribution < 1.29 is 0 Å². The number of fused-ring (bicyclic) bond motifs is 1. The number of nitrogens with zero attached hydrogens (tertiary/aromatic N) is 2. The minimum atomic E-state index is 0.252. The van der Waals surface area contributed by atoms with Gasteiger partial charge < -0.3 is 9.88 Å². The monoisotopic (exact) mass is 303 g/mol. The van der Waals surface area contributed by atoms with Crippen LogP contribution in [-0.2, 0) is 19.5 Å². The average molecular weight is 303 g/mol. The van der Waals surface area contributed by atoms with Gasteiger partial charge in [0, 0.05) is 43.4 Å². The number of pyridine rings is 1. The van der Waals surface area contributed by atoms with Gasteiger partial charge in [-0.3, -0.25) is 9.69 Å². The van der Waals surface area contributed by atoms with Gasteiger partial charge in [0.15, 0.2) is 0 Å². The Balaban J connectivity index is 1.90. The first-order chi connectivity index (χ1) is 10.6. The minimum absolute atomic E-state index is 0.252. The van der Waals surface area contributed by atoms with E-state index in [1.165, 1.54) is 24.1 Å². The van der Waals surface area contributed by atoms with Gasteiger partial charge in [0.1, 0.15) is 0 Å². The van der Waals surface area contributed by atoms with Crippen molar-refractivity contribution in [2.24, 2.45) is 5.92 Å². The van der Waals surface area contributed by atoms with Crippen molar-refractivity contribution in [3.05, 3.63) is 33.2 Å². The van der Waals surface area contributed by atoms with E-state index in [9.17, 15) is 4.79 Å². The van der Waals surface area contributed by atoms with Crippen molar-refractivity contribution >= 4 is 0 Å². The molecule has 2 heterocycles. The molecular formula is C18H29N3O. The van der Waals surface area contributed by atoms with Crippen LogP contribution in [-0.4, -0.2) is 29.1 Å². The van der Waals surface area contributed by atoms with Crippen LogP contribution in [0.3, 0.4) is 0 Å². The molecule has 0 saturated heterocycles. The van der Waals surface area contributed by atoms with Crippen molar-refractivity contribution in [1.82, 2.24) is 14.8 Å². The Labute approximate surface area is 133 Å². The van der Waals surface area contributed by atoms with Gasteiger partial charge >= 0.3 is 0 Å². The Kier molecular flexibility index (Phi) is 4.69. The molecule has 1 aliphatic heterocycles. The standard InChI is InChI=1S/C18H29N3O/c1-4-20-8-7-17-15(12-20)9-14(11-19-10-13(2)3)18(22)21(17)16-5-6-16/h9,13,16,19H,4-8,10-12H2,1-3H3. The molecule has 0 amide bonds. The third-order valence-electron chi connectivity index (χ3n) is 4.79. The van der Waals surface area contributed by atoms with Gasteiger partial charge in [-0.1, -0.05) is 20.8 Å². The van der Waals surface area contributed by atoms with Gasteiger partial charge in [-0.2, -0.15) is 0 Å². The second kappa shape index (κ2) is 6.55. The van der Waals surface area contributed by atoms with E-state index in [0.717, 1.165) is 38.2 Å². The van der Waals surface area contributed by atoms with Gasteiger partial charge in [-0.15, -0.1) is 0 Å². The first kappa shape index (κ1) is 15.8. The first-order valence-electron chi connectivity index (χ1n) is 8.79. The van der Waals surface area contributed by atoms with E-state index >= 15 is 0 Å². The molecule has 0 bridgehead atoms. The number of rotatable bonds is 6. The fraction of sp³-hybridized carbons (Fsp3) is 0.722. The molecule has 4 nitrogen and oxygen atoms in total. The largest absolute Gasteiger partial charge is 0.312 e. The van der Waals surface area contributed by atoms with Crippen molar-refractivity contribution in [3.8, 4) is 0 Å². The number of hydrogen-bond acceptors (Lipinski definition) is 3. The van der Waals surface area contributed by atoms with Gasteiger partial charge in [0.25, 0.3) is 5.56 Å². The summed E-state index contributed by atoms with van der Waals surface area (Å²) in [6.07, 6.45) is 3.37. The van der Waals surface area contributed by atoms with Crippen molar-refractivity contribution in [2.75, 3.05) is 19.6 Å². The summed E-state index contributed by atoms with van der Waals surface area (Å²) in [5.74, 6) is 0.610. The molecule has 4 heteroatoms. The minimum Gasteiger partial charge on any atom is -0.312 e. The Morgan fingerprint density at radius 2 is 2.14 bits per heavy atom. The van der Waals surface area contributed by atoms with E-state index in [2.05, 4.69) is 41.6 Å². The van der Waals surface area contributed by atoms with Crippen LogP contribution >= 0.6 is 0 Å². The van der Waals surface area contributed by atoms with Gasteiger partial charge in [0.2, 0.25) is 0 Å². The van der Waals surface area contributed by atoms with E-state index in [1.54, 1.807) is 0 Å². The lowest BCUT2D eigenvalue weighted by Gasteiger charge is -2.30. The van der Waals surface area contributed by atoms with E-state index in [1.807, 2.05) is 0 Å². The number of likely N-dealkylation sites (N-methyl/N-ethyl adjacent to an activating group) is 1. The highest BCUT2D eigenvalue weighted by atomic mass is 16.1. The Bertz CT molecular complexity index is 587. The predicted octanol–water partition coefficient (Wildman–Crippen LogP) is 2.31. The van der Waals surface area contributed by atoms with E-state index in [4.69, 9.17) is 0 Å². The van der Waals surface area contributed by atoms with Gasteiger partial charge in [-0.25, -0.2) is 0 Å². The van der Waals surface area contributed by atoms with Crippen LogP contribution in [0.25, 0.3) is 0 Å². The van der Waals surface area contributed by atoms with Crippen LogP contribution in [0.4, 0.5) is 0 Å². The summed E-state index contributed by atoms with van der Waals surface area (Å²) in [5, 5.41) is 3.43. The SMILES string of the molecule is CCN1CCc2c(cc(CNCC(C)C)c(=O)n2C2CC2)C1. The Morgan fingerprint density at radius 1 is 1.36 bits per heavy atom. The highest BCUT2D eigenvalue weighted by Gasteiger charge is 2.30. The first-order valence-corrected chi connectivity index (χ1v) is 8.79. The lowest BCUT2D eigenvalue weighted by Crippen LogP contribution is -2.37. The molecule has 1 saturated carbocycles. The summed E-state index contributed by atoms with van der Waals surface area (Å²) < 4.78 is 2.13. The average Bonchev–Trinajstić information content (AvgIpc) is 3.31. The zero-order valence-corrected chi connectivity index (χ0v) is 14.2. The summed E-state index contributed by atoms with van der Waals surface area (Å²) in [5.41, 5.74) is 3.89. The number of hydrogen-bond donors (Lipinski definition) is 1. The zero-order chi connectivity index (χ0) is 15.7. The lowest BCUT2D eigenvalue weighted by atomic mass is 10.0. The number of nitrogens with one attached hydrogen (secondary N) is 1. The van der Waals surface area contributed by atoms with Crippen LogP contribution in [0, 0.1) is 5.92 Å². The van der Waals surface area contributed by atoms with Crippen LogP contribution in [0.1, 0.15) is 56.5 Å². The summed E-state index contributed by atoms with van der Waals surface area (Å²) in [6, 6.07) is 2.64. The highest BCUT2D eigenvalue weighted by molar-refractivity contribution is 5.30. The molecule has 0 radical (unpaired) electrons. The molecular weight excluding hydrogens is 274 g/mol. The van der Waals surface area contributed by atoms with Crippen LogP contribution < -0.4 is 10.9 Å². The fourth-order valence-corrected chi connectivity index (χ4v) is 3.40. The third-order valence-corrected chi connectivity index (χ3v) is 4.79. The quantitative estimate of drug-likeness (QED) is 0.876. The molecule has 0 unspecified atom stereocenters. The summed E-state index contributed by atoms with van der Waals surface area (Å²) in [4.78, 5) is 15.3.